The van der Waals surface area contributed by atoms with Crippen molar-refractivity contribution in [3.8, 4) is 0 Å². The molecule has 0 aliphatic heterocycles. The van der Waals surface area contributed by atoms with Crippen molar-refractivity contribution in [2.75, 3.05) is 5.32 Å². The van der Waals surface area contributed by atoms with E-state index in [1.807, 2.05) is 36.4 Å². The smallest absolute Gasteiger partial charge is 0.354 e. The highest BCUT2D eigenvalue weighted by molar-refractivity contribution is 7.98. The van der Waals surface area contributed by atoms with Crippen LogP contribution in [0, 0.1) is 0 Å². The van der Waals surface area contributed by atoms with Crippen LogP contribution in [0.5, 0.6) is 0 Å². The Morgan fingerprint density at radius 3 is 2.69 bits per heavy atom. The Labute approximate surface area is 173 Å². The number of fused-ring (bicyclic) bond motifs is 1. The van der Waals surface area contributed by atoms with E-state index in [1.165, 1.54) is 11.8 Å². The first kappa shape index (κ1) is 19.6. The van der Waals surface area contributed by atoms with Gasteiger partial charge in [-0.2, -0.15) is 13.2 Å². The quantitative estimate of drug-likeness (QED) is 0.344. The summed E-state index contributed by atoms with van der Waals surface area (Å²) in [4.78, 5) is 11.6. The van der Waals surface area contributed by atoms with Gasteiger partial charge in [0, 0.05) is 16.8 Å². The summed E-state index contributed by atoms with van der Waals surface area (Å²) < 4.78 is 38.4. The lowest BCUT2D eigenvalue weighted by molar-refractivity contribution is -0.141. The topological polar surface area (TPSA) is 53.6 Å². The second kappa shape index (κ2) is 7.96. The number of anilines is 2. The average Bonchev–Trinajstić information content (AvgIpc) is 3.10. The first-order chi connectivity index (χ1) is 13.9. The summed E-state index contributed by atoms with van der Waals surface area (Å²) >= 11 is 7.43. The molecule has 0 fully saturated rings. The Balaban J connectivity index is 1.49. The molecule has 0 unspecified atom stereocenters. The number of nitrogens with zero attached hydrogens (tertiary/aromatic N) is 2. The van der Waals surface area contributed by atoms with Crippen molar-refractivity contribution in [2.45, 2.75) is 16.8 Å². The molecule has 0 spiro atoms. The van der Waals surface area contributed by atoms with Crippen molar-refractivity contribution in [3.63, 3.8) is 0 Å². The number of rotatable bonds is 5. The van der Waals surface area contributed by atoms with E-state index in [0.29, 0.717) is 21.5 Å². The SMILES string of the molecule is FC(F)(F)c1cc(SCc2nc3cc(Nc4ccccc4Cl)ccc3[nH]2)ccn1. The number of nitrogens with one attached hydrogen (secondary N) is 2. The van der Waals surface area contributed by atoms with Gasteiger partial charge in [-0.05, 0) is 42.5 Å². The highest BCUT2D eigenvalue weighted by Gasteiger charge is 2.32. The van der Waals surface area contributed by atoms with Crippen LogP contribution in [0.4, 0.5) is 24.5 Å². The van der Waals surface area contributed by atoms with Gasteiger partial charge < -0.3 is 10.3 Å². The van der Waals surface area contributed by atoms with Crippen molar-refractivity contribution in [1.29, 1.82) is 0 Å². The zero-order valence-electron chi connectivity index (χ0n) is 14.8. The van der Waals surface area contributed by atoms with Gasteiger partial charge in [-0.25, -0.2) is 4.98 Å². The summed E-state index contributed by atoms with van der Waals surface area (Å²) in [6.07, 6.45) is -3.29. The second-order valence-corrected chi connectivity index (χ2v) is 7.64. The van der Waals surface area contributed by atoms with Crippen molar-refractivity contribution >= 4 is 45.8 Å². The molecule has 2 N–H and O–H groups in total. The number of pyridine rings is 1. The predicted molar refractivity (Wildman–Crippen MR) is 110 cm³/mol. The van der Waals surface area contributed by atoms with Gasteiger partial charge in [0.1, 0.15) is 11.5 Å². The van der Waals surface area contributed by atoms with Gasteiger partial charge in [-0.15, -0.1) is 11.8 Å². The number of aromatic amines is 1. The molecule has 9 heteroatoms. The summed E-state index contributed by atoms with van der Waals surface area (Å²) in [5, 5.41) is 3.86. The maximum Gasteiger partial charge on any atom is 0.433 e. The van der Waals surface area contributed by atoms with Gasteiger partial charge in [-0.3, -0.25) is 4.98 Å². The van der Waals surface area contributed by atoms with E-state index in [0.717, 1.165) is 34.7 Å². The third kappa shape index (κ3) is 4.65. The standard InChI is InChI=1S/C20H14ClF3N4S/c21-14-3-1-2-4-15(14)26-12-5-6-16-17(9-12)28-19(27-16)11-29-13-7-8-25-18(10-13)20(22,23)24/h1-10,26H,11H2,(H,27,28). The van der Waals surface area contributed by atoms with E-state index in [9.17, 15) is 13.2 Å². The van der Waals surface area contributed by atoms with Gasteiger partial charge in [0.2, 0.25) is 0 Å². The van der Waals surface area contributed by atoms with Crippen LogP contribution in [0.2, 0.25) is 5.02 Å². The molecule has 0 aliphatic carbocycles. The van der Waals surface area contributed by atoms with Crippen molar-refractivity contribution in [3.05, 3.63) is 77.3 Å². The first-order valence-electron chi connectivity index (χ1n) is 8.55. The van der Waals surface area contributed by atoms with Gasteiger partial charge in [-0.1, -0.05) is 23.7 Å². The third-order valence-electron chi connectivity index (χ3n) is 4.08. The number of benzene rings is 2. The highest BCUT2D eigenvalue weighted by atomic mass is 35.5. The molecule has 0 radical (unpaired) electrons. The van der Waals surface area contributed by atoms with Gasteiger partial charge in [0.25, 0.3) is 0 Å². The summed E-state index contributed by atoms with van der Waals surface area (Å²) in [6, 6.07) is 15.7. The lowest BCUT2D eigenvalue weighted by Crippen LogP contribution is -2.07. The molecule has 29 heavy (non-hydrogen) atoms. The minimum absolute atomic E-state index is 0.406. The molecule has 2 heterocycles. The van der Waals surface area contributed by atoms with Gasteiger partial charge in [0.05, 0.1) is 27.5 Å². The molecule has 4 nitrogen and oxygen atoms in total. The van der Waals surface area contributed by atoms with Gasteiger partial charge in [0.15, 0.2) is 0 Å². The number of alkyl halides is 3. The Morgan fingerprint density at radius 2 is 1.90 bits per heavy atom. The molecule has 0 atom stereocenters. The zero-order chi connectivity index (χ0) is 20.4. The lowest BCUT2D eigenvalue weighted by atomic mass is 10.2. The highest BCUT2D eigenvalue weighted by Crippen LogP contribution is 2.31. The van der Waals surface area contributed by atoms with Crippen LogP contribution in [-0.2, 0) is 11.9 Å². The number of hydrogen-bond donors (Lipinski definition) is 2. The number of imidazole rings is 1. The Morgan fingerprint density at radius 1 is 1.07 bits per heavy atom. The molecule has 0 aliphatic rings. The van der Waals surface area contributed by atoms with Crippen LogP contribution in [-0.4, -0.2) is 15.0 Å². The maximum absolute atomic E-state index is 12.8. The fourth-order valence-electron chi connectivity index (χ4n) is 2.73. The number of thioether (sulfide) groups is 1. The zero-order valence-corrected chi connectivity index (χ0v) is 16.4. The summed E-state index contributed by atoms with van der Waals surface area (Å²) in [7, 11) is 0. The summed E-state index contributed by atoms with van der Waals surface area (Å²) in [5.41, 5.74) is 2.32. The van der Waals surface area contributed by atoms with E-state index in [-0.39, 0.29) is 0 Å². The predicted octanol–water partition coefficient (Wildman–Crippen LogP) is 6.67. The normalized spacial score (nSPS) is 11.7. The van der Waals surface area contributed by atoms with Crippen LogP contribution in [0.15, 0.2) is 65.7 Å². The fourth-order valence-corrected chi connectivity index (χ4v) is 3.71. The first-order valence-corrected chi connectivity index (χ1v) is 9.91. The monoisotopic (exact) mass is 434 g/mol. The number of hydrogen-bond acceptors (Lipinski definition) is 4. The third-order valence-corrected chi connectivity index (χ3v) is 5.42. The summed E-state index contributed by atoms with van der Waals surface area (Å²) in [6.45, 7) is 0. The average molecular weight is 435 g/mol. The van der Waals surface area contributed by atoms with Crippen LogP contribution in [0.25, 0.3) is 11.0 Å². The van der Waals surface area contributed by atoms with Crippen molar-refractivity contribution < 1.29 is 13.2 Å². The van der Waals surface area contributed by atoms with Crippen LogP contribution in [0.3, 0.4) is 0 Å². The van der Waals surface area contributed by atoms with Crippen molar-refractivity contribution in [2.24, 2.45) is 0 Å². The molecule has 0 saturated heterocycles. The van der Waals surface area contributed by atoms with Crippen molar-refractivity contribution in [1.82, 2.24) is 15.0 Å². The number of aromatic nitrogens is 3. The van der Waals surface area contributed by atoms with Crippen LogP contribution >= 0.6 is 23.4 Å². The Kier molecular flexibility index (Phi) is 5.38. The molecular formula is C20H14ClF3N4S. The van der Waals surface area contributed by atoms with Crippen LogP contribution < -0.4 is 5.32 Å². The van der Waals surface area contributed by atoms with Gasteiger partial charge >= 0.3 is 6.18 Å². The largest absolute Gasteiger partial charge is 0.433 e. The van der Waals surface area contributed by atoms with E-state index in [1.54, 1.807) is 12.1 Å². The Bertz CT molecular complexity index is 1160. The molecule has 0 saturated carbocycles. The minimum Gasteiger partial charge on any atom is -0.354 e. The van der Waals surface area contributed by atoms with E-state index >= 15 is 0 Å². The number of halogens is 4. The molecule has 0 amide bonds. The molecule has 0 bridgehead atoms. The fraction of sp³-hybridized carbons (Fsp3) is 0.100. The minimum atomic E-state index is -4.46. The molecule has 2 aromatic carbocycles. The van der Waals surface area contributed by atoms with E-state index in [2.05, 4.69) is 20.3 Å². The van der Waals surface area contributed by atoms with E-state index < -0.39 is 11.9 Å². The van der Waals surface area contributed by atoms with Crippen LogP contribution in [0.1, 0.15) is 11.5 Å². The maximum atomic E-state index is 12.8. The molecule has 4 rings (SSSR count). The number of H-pyrrole nitrogens is 1. The lowest BCUT2D eigenvalue weighted by Gasteiger charge is -2.07. The molecule has 4 aromatic rings. The number of para-hydroxylation sites is 1. The Hall–Kier alpha value is -2.71. The molecule has 2 aromatic heterocycles. The molecular weight excluding hydrogens is 421 g/mol. The molecule has 148 valence electrons. The second-order valence-electron chi connectivity index (χ2n) is 6.18. The summed E-state index contributed by atoms with van der Waals surface area (Å²) in [5.74, 6) is 1.08. The van der Waals surface area contributed by atoms with E-state index in [4.69, 9.17) is 11.6 Å².